The van der Waals surface area contributed by atoms with Gasteiger partial charge < -0.3 is 4.57 Å². The second kappa shape index (κ2) is 6.01. The molecule has 108 valence electrons. The van der Waals surface area contributed by atoms with Crippen LogP contribution >= 0.6 is 15.9 Å². The number of halogens is 1. The monoisotopic (exact) mass is 350 g/mol. The molecule has 0 fully saturated rings. The Labute approximate surface area is 128 Å². The van der Waals surface area contributed by atoms with Gasteiger partial charge in [0.25, 0.3) is 5.43 Å². The first kappa shape index (κ1) is 15.1. The molecule has 0 unspecified atom stereocenters. The van der Waals surface area contributed by atoms with Crippen molar-refractivity contribution in [3.63, 3.8) is 0 Å². The lowest BCUT2D eigenvalue weighted by Gasteiger charge is -2.07. The van der Waals surface area contributed by atoms with E-state index in [1.807, 2.05) is 13.0 Å². The highest BCUT2D eigenvalue weighted by molar-refractivity contribution is 9.10. The summed E-state index contributed by atoms with van der Waals surface area (Å²) in [5.41, 5.74) is 0.195. The van der Waals surface area contributed by atoms with Crippen LogP contribution in [0.15, 0.2) is 45.9 Å². The van der Waals surface area contributed by atoms with Gasteiger partial charge >= 0.3 is 5.69 Å². The van der Waals surface area contributed by atoms with Crippen molar-refractivity contribution in [3.05, 3.63) is 72.6 Å². The fraction of sp³-hybridized carbons (Fsp3) is 0.143. The van der Waals surface area contributed by atoms with E-state index in [2.05, 4.69) is 15.9 Å². The molecule has 6 nitrogen and oxygen atoms in total. The fourth-order valence-corrected chi connectivity index (χ4v) is 2.34. The number of nitro groups is 1. The first-order valence-electron chi connectivity index (χ1n) is 6.02. The Bertz CT molecular complexity index is 783. The standard InChI is InChI=1S/C14H11BrN2O4/c1-9-3-2-4-10(5-9)13(18)8-16-6-11(15)14(19)12(7-16)17(20)21/h2-7H,8H2,1H3. The molecule has 0 amide bonds. The van der Waals surface area contributed by atoms with E-state index in [-0.39, 0.29) is 16.8 Å². The molecule has 2 aromatic rings. The third-order valence-corrected chi connectivity index (χ3v) is 3.44. The van der Waals surface area contributed by atoms with Crippen molar-refractivity contribution in [1.82, 2.24) is 4.57 Å². The summed E-state index contributed by atoms with van der Waals surface area (Å²) < 4.78 is 1.38. The minimum absolute atomic E-state index is 0.0498. The highest BCUT2D eigenvalue weighted by Crippen LogP contribution is 2.12. The molecular weight excluding hydrogens is 340 g/mol. The number of hydrogen-bond acceptors (Lipinski definition) is 4. The number of benzene rings is 1. The van der Waals surface area contributed by atoms with E-state index in [0.29, 0.717) is 5.56 Å². The predicted molar refractivity (Wildman–Crippen MR) is 80.6 cm³/mol. The molecule has 0 aliphatic heterocycles. The second-order valence-corrected chi connectivity index (χ2v) is 5.40. The van der Waals surface area contributed by atoms with Gasteiger partial charge in [-0.05, 0) is 28.9 Å². The summed E-state index contributed by atoms with van der Waals surface area (Å²) in [6.07, 6.45) is 2.43. The molecule has 0 aliphatic carbocycles. The Hall–Kier alpha value is -2.28. The van der Waals surface area contributed by atoms with Crippen LogP contribution in [0.4, 0.5) is 5.69 Å². The smallest absolute Gasteiger partial charge is 0.333 e. The van der Waals surface area contributed by atoms with Gasteiger partial charge in [-0.15, -0.1) is 0 Å². The average molecular weight is 351 g/mol. The zero-order chi connectivity index (χ0) is 15.6. The van der Waals surface area contributed by atoms with Crippen molar-refractivity contribution in [2.45, 2.75) is 13.5 Å². The van der Waals surface area contributed by atoms with Crippen LogP contribution in [-0.4, -0.2) is 15.3 Å². The van der Waals surface area contributed by atoms with Crippen molar-refractivity contribution >= 4 is 27.4 Å². The van der Waals surface area contributed by atoms with Gasteiger partial charge in [0.1, 0.15) is 0 Å². The van der Waals surface area contributed by atoms with Crippen LogP contribution in [0.3, 0.4) is 0 Å². The summed E-state index contributed by atoms with van der Waals surface area (Å²) in [4.78, 5) is 33.8. The van der Waals surface area contributed by atoms with E-state index in [0.717, 1.165) is 11.8 Å². The summed E-state index contributed by atoms with van der Waals surface area (Å²) in [5, 5.41) is 10.8. The van der Waals surface area contributed by atoms with Crippen LogP contribution in [0.25, 0.3) is 0 Å². The summed E-state index contributed by atoms with van der Waals surface area (Å²) in [5.74, 6) is -0.191. The molecule has 7 heteroatoms. The minimum atomic E-state index is -0.763. The van der Waals surface area contributed by atoms with Gasteiger partial charge in [0.05, 0.1) is 22.1 Å². The summed E-state index contributed by atoms with van der Waals surface area (Å²) in [6.45, 7) is 1.79. The van der Waals surface area contributed by atoms with Crippen molar-refractivity contribution in [1.29, 1.82) is 0 Å². The Morgan fingerprint density at radius 3 is 2.71 bits per heavy atom. The lowest BCUT2D eigenvalue weighted by atomic mass is 10.1. The number of rotatable bonds is 4. The molecule has 0 saturated heterocycles. The molecule has 0 radical (unpaired) electrons. The van der Waals surface area contributed by atoms with Crippen molar-refractivity contribution < 1.29 is 9.72 Å². The fourth-order valence-electron chi connectivity index (χ4n) is 1.88. The molecule has 0 atom stereocenters. The molecule has 0 aliphatic rings. The van der Waals surface area contributed by atoms with E-state index < -0.39 is 16.0 Å². The van der Waals surface area contributed by atoms with Gasteiger partial charge in [0, 0.05) is 11.8 Å². The van der Waals surface area contributed by atoms with E-state index in [1.165, 1.54) is 10.8 Å². The molecule has 21 heavy (non-hydrogen) atoms. The summed E-state index contributed by atoms with van der Waals surface area (Å²) >= 11 is 2.97. The van der Waals surface area contributed by atoms with Crippen molar-refractivity contribution in [2.24, 2.45) is 0 Å². The summed E-state index contributed by atoms with van der Waals surface area (Å²) in [6, 6.07) is 7.07. The lowest BCUT2D eigenvalue weighted by Crippen LogP contribution is -2.16. The van der Waals surface area contributed by atoms with E-state index in [4.69, 9.17) is 0 Å². The minimum Gasteiger partial charge on any atom is -0.339 e. The van der Waals surface area contributed by atoms with E-state index >= 15 is 0 Å². The highest BCUT2D eigenvalue weighted by atomic mass is 79.9. The maximum atomic E-state index is 12.2. The maximum Gasteiger partial charge on any atom is 0.333 e. The number of aryl methyl sites for hydroxylation is 1. The van der Waals surface area contributed by atoms with Gasteiger partial charge in [-0.2, -0.15) is 0 Å². The predicted octanol–water partition coefficient (Wildman–Crippen LogP) is 2.71. The number of carbonyl (C=O) groups is 1. The molecule has 0 N–H and O–H groups in total. The van der Waals surface area contributed by atoms with Crippen LogP contribution in [0, 0.1) is 17.0 Å². The average Bonchev–Trinajstić information content (AvgIpc) is 2.42. The highest BCUT2D eigenvalue weighted by Gasteiger charge is 2.17. The largest absolute Gasteiger partial charge is 0.339 e. The van der Waals surface area contributed by atoms with Gasteiger partial charge in [0.15, 0.2) is 5.78 Å². The number of aromatic nitrogens is 1. The topological polar surface area (TPSA) is 82.2 Å². The van der Waals surface area contributed by atoms with Crippen molar-refractivity contribution in [2.75, 3.05) is 0 Å². The maximum absolute atomic E-state index is 12.2. The molecule has 1 aromatic heterocycles. The Morgan fingerprint density at radius 1 is 1.38 bits per heavy atom. The zero-order valence-corrected chi connectivity index (χ0v) is 12.7. The third-order valence-electron chi connectivity index (χ3n) is 2.88. The summed E-state index contributed by atoms with van der Waals surface area (Å²) in [7, 11) is 0. The molecule has 0 saturated carbocycles. The molecule has 1 heterocycles. The van der Waals surface area contributed by atoms with Gasteiger partial charge in [-0.3, -0.25) is 19.7 Å². The SMILES string of the molecule is Cc1cccc(C(=O)Cn2cc(Br)c(=O)c([N+](=O)[O-])c2)c1. The quantitative estimate of drug-likeness (QED) is 0.482. The van der Waals surface area contributed by atoms with Gasteiger partial charge in [-0.1, -0.05) is 23.8 Å². The van der Waals surface area contributed by atoms with Crippen LogP contribution in [0.5, 0.6) is 0 Å². The molecule has 1 aromatic carbocycles. The first-order chi connectivity index (χ1) is 9.88. The third kappa shape index (κ3) is 3.43. The van der Waals surface area contributed by atoms with Crippen LogP contribution < -0.4 is 5.43 Å². The second-order valence-electron chi connectivity index (χ2n) is 4.54. The van der Waals surface area contributed by atoms with E-state index in [9.17, 15) is 19.7 Å². The molecular formula is C14H11BrN2O4. The van der Waals surface area contributed by atoms with Crippen LogP contribution in [-0.2, 0) is 6.54 Å². The Kier molecular flexibility index (Phi) is 4.32. The number of ketones is 1. The van der Waals surface area contributed by atoms with Gasteiger partial charge in [0.2, 0.25) is 0 Å². The van der Waals surface area contributed by atoms with E-state index in [1.54, 1.807) is 18.2 Å². The van der Waals surface area contributed by atoms with Crippen LogP contribution in [0.2, 0.25) is 0 Å². The Morgan fingerprint density at radius 2 is 2.10 bits per heavy atom. The normalized spacial score (nSPS) is 10.4. The number of hydrogen-bond donors (Lipinski definition) is 0. The van der Waals surface area contributed by atoms with Crippen LogP contribution in [0.1, 0.15) is 15.9 Å². The lowest BCUT2D eigenvalue weighted by molar-refractivity contribution is -0.386. The number of Topliss-reactive ketones (excluding diaryl/α,β-unsaturated/α-hetero) is 1. The number of pyridine rings is 1. The molecule has 0 bridgehead atoms. The Balaban J connectivity index is 2.34. The zero-order valence-electron chi connectivity index (χ0n) is 11.1. The van der Waals surface area contributed by atoms with Gasteiger partial charge in [-0.25, -0.2) is 0 Å². The van der Waals surface area contributed by atoms with Crippen molar-refractivity contribution in [3.8, 4) is 0 Å². The first-order valence-corrected chi connectivity index (χ1v) is 6.81. The number of carbonyl (C=O) groups excluding carboxylic acids is 1. The number of nitrogens with zero attached hydrogens (tertiary/aromatic N) is 2. The molecule has 2 rings (SSSR count). The molecule has 0 spiro atoms.